The standard InChI is InChI=1S/C13H23N3O4S/c17-13(18)10-3-7-16(8-4-10)21(19,20)14-11-5-6-15(9-11)12-1-2-12/h10-12,14H,1-9H2,(H,17,18). The fraction of sp³-hybridized carbons (Fsp3) is 0.923. The lowest BCUT2D eigenvalue weighted by atomic mass is 9.99. The Hall–Kier alpha value is -0.700. The van der Waals surface area contributed by atoms with Crippen LogP contribution in [0.25, 0.3) is 0 Å². The van der Waals surface area contributed by atoms with Crippen molar-refractivity contribution in [3.8, 4) is 0 Å². The van der Waals surface area contributed by atoms with Gasteiger partial charge in [0.05, 0.1) is 5.92 Å². The molecule has 2 saturated heterocycles. The predicted molar refractivity (Wildman–Crippen MR) is 77.0 cm³/mol. The Morgan fingerprint density at radius 3 is 2.29 bits per heavy atom. The summed E-state index contributed by atoms with van der Waals surface area (Å²) < 4.78 is 28.9. The van der Waals surface area contributed by atoms with Gasteiger partial charge in [-0.05, 0) is 32.1 Å². The number of rotatable bonds is 5. The Morgan fingerprint density at radius 1 is 1.05 bits per heavy atom. The van der Waals surface area contributed by atoms with Crippen molar-refractivity contribution in [1.82, 2.24) is 13.9 Å². The van der Waals surface area contributed by atoms with Gasteiger partial charge in [0.25, 0.3) is 10.2 Å². The highest BCUT2D eigenvalue weighted by atomic mass is 32.2. The van der Waals surface area contributed by atoms with E-state index >= 15 is 0 Å². The Labute approximate surface area is 125 Å². The van der Waals surface area contributed by atoms with Crippen molar-refractivity contribution in [3.05, 3.63) is 0 Å². The molecule has 0 aromatic carbocycles. The number of nitrogens with zero attached hydrogens (tertiary/aromatic N) is 2. The van der Waals surface area contributed by atoms with E-state index in [0.29, 0.717) is 32.0 Å². The van der Waals surface area contributed by atoms with Crippen LogP contribution in [0, 0.1) is 5.92 Å². The molecule has 2 heterocycles. The fourth-order valence-corrected chi connectivity index (χ4v) is 4.74. The van der Waals surface area contributed by atoms with Gasteiger partial charge in [-0.1, -0.05) is 0 Å². The zero-order chi connectivity index (χ0) is 15.0. The van der Waals surface area contributed by atoms with Crippen LogP contribution in [0.2, 0.25) is 0 Å². The highest BCUT2D eigenvalue weighted by molar-refractivity contribution is 7.87. The fourth-order valence-electron chi connectivity index (χ4n) is 3.28. The van der Waals surface area contributed by atoms with E-state index in [-0.39, 0.29) is 6.04 Å². The molecule has 7 nitrogen and oxygen atoms in total. The maximum Gasteiger partial charge on any atom is 0.306 e. The maximum atomic E-state index is 12.4. The van der Waals surface area contributed by atoms with E-state index in [1.807, 2.05) is 0 Å². The molecule has 0 amide bonds. The van der Waals surface area contributed by atoms with E-state index in [2.05, 4.69) is 9.62 Å². The van der Waals surface area contributed by atoms with Gasteiger partial charge < -0.3 is 5.11 Å². The zero-order valence-electron chi connectivity index (χ0n) is 12.1. The van der Waals surface area contributed by atoms with Gasteiger partial charge in [0.1, 0.15) is 0 Å². The Bertz CT molecular complexity index is 498. The minimum atomic E-state index is -3.48. The molecule has 0 aromatic heterocycles. The first-order valence-electron chi connectivity index (χ1n) is 7.70. The molecule has 2 N–H and O–H groups in total. The average Bonchev–Trinajstić information content (AvgIpc) is 3.20. The van der Waals surface area contributed by atoms with Crippen molar-refractivity contribution in [2.75, 3.05) is 26.2 Å². The normalized spacial score (nSPS) is 29.8. The average molecular weight is 317 g/mol. The number of nitrogens with one attached hydrogen (secondary N) is 1. The molecule has 2 aliphatic heterocycles. The predicted octanol–water partition coefficient (Wildman–Crippen LogP) is -0.146. The number of carboxylic acid groups (broad SMARTS) is 1. The minimum absolute atomic E-state index is 0.00667. The van der Waals surface area contributed by atoms with Gasteiger partial charge >= 0.3 is 5.97 Å². The minimum Gasteiger partial charge on any atom is -0.481 e. The molecule has 3 fully saturated rings. The van der Waals surface area contributed by atoms with Gasteiger partial charge in [-0.25, -0.2) is 0 Å². The second-order valence-electron chi connectivity index (χ2n) is 6.35. The van der Waals surface area contributed by atoms with Crippen LogP contribution >= 0.6 is 0 Å². The summed E-state index contributed by atoms with van der Waals surface area (Å²) in [5.41, 5.74) is 0. The summed E-state index contributed by atoms with van der Waals surface area (Å²) in [7, 11) is -3.48. The van der Waals surface area contributed by atoms with Crippen molar-refractivity contribution in [1.29, 1.82) is 0 Å². The Morgan fingerprint density at radius 2 is 1.71 bits per heavy atom. The summed E-state index contributed by atoms with van der Waals surface area (Å²) in [6.45, 7) is 2.37. The summed E-state index contributed by atoms with van der Waals surface area (Å²) in [5.74, 6) is -1.23. The molecule has 3 rings (SSSR count). The number of carbonyl (C=O) groups is 1. The van der Waals surface area contributed by atoms with Crippen molar-refractivity contribution >= 4 is 16.2 Å². The van der Waals surface area contributed by atoms with Gasteiger partial charge in [0, 0.05) is 38.3 Å². The van der Waals surface area contributed by atoms with E-state index in [0.717, 1.165) is 19.5 Å². The number of piperidine rings is 1. The number of likely N-dealkylation sites (tertiary alicyclic amines) is 1. The van der Waals surface area contributed by atoms with Gasteiger partial charge in [-0.3, -0.25) is 9.69 Å². The van der Waals surface area contributed by atoms with Crippen molar-refractivity contribution in [3.63, 3.8) is 0 Å². The largest absolute Gasteiger partial charge is 0.481 e. The molecular weight excluding hydrogens is 294 g/mol. The van der Waals surface area contributed by atoms with E-state index in [1.165, 1.54) is 17.1 Å². The van der Waals surface area contributed by atoms with Crippen molar-refractivity contribution in [2.24, 2.45) is 5.92 Å². The van der Waals surface area contributed by atoms with Gasteiger partial charge in [0.15, 0.2) is 0 Å². The number of hydrogen-bond acceptors (Lipinski definition) is 4. The number of aliphatic carboxylic acids is 1. The quantitative estimate of drug-likeness (QED) is 0.736. The van der Waals surface area contributed by atoms with Crippen molar-refractivity contribution < 1.29 is 18.3 Å². The van der Waals surface area contributed by atoms with Crippen LogP contribution < -0.4 is 4.72 Å². The smallest absolute Gasteiger partial charge is 0.306 e. The monoisotopic (exact) mass is 317 g/mol. The van der Waals surface area contributed by atoms with Crippen LogP contribution in [-0.2, 0) is 15.0 Å². The lowest BCUT2D eigenvalue weighted by Crippen LogP contribution is -2.49. The molecule has 0 aromatic rings. The molecule has 0 spiro atoms. The van der Waals surface area contributed by atoms with E-state index < -0.39 is 22.1 Å². The molecule has 0 bridgehead atoms. The first kappa shape index (κ1) is 15.2. The molecule has 0 radical (unpaired) electrons. The van der Waals surface area contributed by atoms with Crippen molar-refractivity contribution in [2.45, 2.75) is 44.2 Å². The third-order valence-electron chi connectivity index (χ3n) is 4.74. The van der Waals surface area contributed by atoms with Crippen LogP contribution in [0.15, 0.2) is 0 Å². The lowest BCUT2D eigenvalue weighted by Gasteiger charge is -2.30. The summed E-state index contributed by atoms with van der Waals surface area (Å²) in [6, 6.07) is 0.665. The first-order valence-corrected chi connectivity index (χ1v) is 9.14. The van der Waals surface area contributed by atoms with Crippen LogP contribution in [0.5, 0.6) is 0 Å². The molecule has 8 heteroatoms. The topological polar surface area (TPSA) is 90.0 Å². The molecule has 120 valence electrons. The maximum absolute atomic E-state index is 12.4. The van der Waals surface area contributed by atoms with Crippen LogP contribution in [0.1, 0.15) is 32.1 Å². The lowest BCUT2D eigenvalue weighted by molar-refractivity contribution is -0.142. The highest BCUT2D eigenvalue weighted by Gasteiger charge is 2.37. The Kier molecular flexibility index (Phi) is 4.22. The summed E-state index contributed by atoms with van der Waals surface area (Å²) in [6.07, 6.45) is 4.13. The highest BCUT2D eigenvalue weighted by Crippen LogP contribution is 2.30. The van der Waals surface area contributed by atoms with Crippen LogP contribution in [-0.4, -0.2) is 67.0 Å². The molecule has 1 aliphatic carbocycles. The molecule has 21 heavy (non-hydrogen) atoms. The van der Waals surface area contributed by atoms with Gasteiger partial charge in [-0.2, -0.15) is 17.4 Å². The Balaban J connectivity index is 1.51. The third-order valence-corrected chi connectivity index (χ3v) is 6.42. The molecule has 1 unspecified atom stereocenters. The summed E-state index contributed by atoms with van der Waals surface area (Å²) in [5, 5.41) is 8.96. The van der Waals surface area contributed by atoms with Crippen LogP contribution in [0.3, 0.4) is 0 Å². The summed E-state index contributed by atoms with van der Waals surface area (Å²) >= 11 is 0. The van der Waals surface area contributed by atoms with Gasteiger partial charge in [-0.15, -0.1) is 0 Å². The van der Waals surface area contributed by atoms with Gasteiger partial charge in [0.2, 0.25) is 0 Å². The molecular formula is C13H23N3O4S. The molecule has 1 atom stereocenters. The second-order valence-corrected chi connectivity index (χ2v) is 8.05. The SMILES string of the molecule is O=C(O)C1CCN(S(=O)(=O)NC2CCN(C3CC3)C2)CC1. The zero-order valence-corrected chi connectivity index (χ0v) is 12.9. The van der Waals surface area contributed by atoms with Crippen LogP contribution in [0.4, 0.5) is 0 Å². The van der Waals surface area contributed by atoms with E-state index in [9.17, 15) is 13.2 Å². The molecule has 1 saturated carbocycles. The first-order chi connectivity index (χ1) is 9.95. The third kappa shape index (κ3) is 3.56. The van der Waals surface area contributed by atoms with E-state index in [1.54, 1.807) is 0 Å². The van der Waals surface area contributed by atoms with E-state index in [4.69, 9.17) is 5.11 Å². The number of carboxylic acids is 1. The second kappa shape index (κ2) is 5.83. The summed E-state index contributed by atoms with van der Waals surface area (Å²) in [4.78, 5) is 13.3. The number of hydrogen-bond donors (Lipinski definition) is 2. The molecule has 3 aliphatic rings.